The zero-order valence-electron chi connectivity index (χ0n) is 23.6. The van der Waals surface area contributed by atoms with Crippen molar-refractivity contribution in [2.24, 2.45) is 0 Å². The summed E-state index contributed by atoms with van der Waals surface area (Å²) in [6.07, 6.45) is 4.49. The molecule has 2 atom stereocenters. The van der Waals surface area contributed by atoms with Gasteiger partial charge in [0, 0.05) is 52.0 Å². The van der Waals surface area contributed by atoms with E-state index < -0.39 is 33.3 Å². The Hall–Kier alpha value is 0.548. The quantitative estimate of drug-likeness (QED) is 0.255. The third kappa shape index (κ3) is 11.3. The van der Waals surface area contributed by atoms with Gasteiger partial charge in [-0.25, -0.2) is 0 Å². The van der Waals surface area contributed by atoms with E-state index in [1.807, 2.05) is 14.2 Å². The summed E-state index contributed by atoms with van der Waals surface area (Å²) in [4.78, 5) is 5.09. The Morgan fingerprint density at radius 1 is 0.706 bits per heavy atom. The molecule has 0 bridgehead atoms. The molecule has 0 N–H and O–H groups in total. The standard InChI is InChI=1S/C22H52N2O6Si4/c1-25-31(3,4)17-23-13-21(29-33(7,8)19-23)15-27-11-12-28-16-22-14-24(18-32(5,6)26-2)20-34(9,10)30-22/h21-22H,11-20H2,1-10H3. The molecule has 0 aliphatic carbocycles. The Kier molecular flexibility index (Phi) is 11.6. The lowest BCUT2D eigenvalue weighted by Gasteiger charge is -2.43. The van der Waals surface area contributed by atoms with Crippen molar-refractivity contribution in [2.75, 3.05) is 78.4 Å². The number of ether oxygens (including phenoxy) is 2. The number of nitrogens with zero attached hydrogens (tertiary/aromatic N) is 2. The predicted octanol–water partition coefficient (Wildman–Crippen LogP) is 2.69. The van der Waals surface area contributed by atoms with Crippen molar-refractivity contribution in [3.63, 3.8) is 0 Å². The summed E-state index contributed by atoms with van der Waals surface area (Å²) in [6.45, 7) is 22.5. The molecule has 0 aromatic rings. The molecule has 2 saturated heterocycles. The summed E-state index contributed by atoms with van der Waals surface area (Å²) in [5.41, 5.74) is 0. The average molecular weight is 553 g/mol. The maximum atomic E-state index is 6.42. The first-order valence-corrected chi connectivity index (χ1v) is 25.2. The summed E-state index contributed by atoms with van der Waals surface area (Å²) in [7, 11) is -3.01. The van der Waals surface area contributed by atoms with Gasteiger partial charge in [-0.05, 0) is 52.4 Å². The van der Waals surface area contributed by atoms with E-state index in [-0.39, 0.29) is 12.2 Å². The normalized spacial score (nSPS) is 26.6. The van der Waals surface area contributed by atoms with Crippen LogP contribution in [-0.2, 0) is 27.2 Å². The van der Waals surface area contributed by atoms with Crippen molar-refractivity contribution in [3.05, 3.63) is 0 Å². The molecule has 0 aromatic carbocycles. The van der Waals surface area contributed by atoms with Crippen LogP contribution in [0.3, 0.4) is 0 Å². The topological polar surface area (TPSA) is 61.9 Å². The zero-order chi connectivity index (χ0) is 25.6. The van der Waals surface area contributed by atoms with Crippen LogP contribution in [0.1, 0.15) is 0 Å². The Labute approximate surface area is 213 Å². The fourth-order valence-corrected chi connectivity index (χ4v) is 13.2. The molecule has 2 aliphatic rings. The molecule has 0 aromatic heterocycles. The Balaban J connectivity index is 1.70. The van der Waals surface area contributed by atoms with Crippen molar-refractivity contribution >= 4 is 33.3 Å². The molecule has 2 unspecified atom stereocenters. The third-order valence-corrected chi connectivity index (χ3v) is 15.4. The molecule has 8 nitrogen and oxygen atoms in total. The lowest BCUT2D eigenvalue weighted by atomic mass is 10.3. The molecule has 2 rings (SSSR count). The van der Waals surface area contributed by atoms with Gasteiger partial charge in [-0.1, -0.05) is 0 Å². The number of rotatable bonds is 13. The minimum Gasteiger partial charge on any atom is -0.419 e. The van der Waals surface area contributed by atoms with Crippen LogP contribution in [0.5, 0.6) is 0 Å². The first-order valence-electron chi connectivity index (χ1n) is 12.7. The van der Waals surface area contributed by atoms with Crippen molar-refractivity contribution in [1.82, 2.24) is 9.80 Å². The second-order valence-electron chi connectivity index (χ2n) is 12.4. The maximum absolute atomic E-state index is 6.42. The molecule has 34 heavy (non-hydrogen) atoms. The lowest BCUT2D eigenvalue weighted by molar-refractivity contribution is -0.0296. The molecule has 0 saturated carbocycles. The van der Waals surface area contributed by atoms with E-state index >= 15 is 0 Å². The Morgan fingerprint density at radius 3 is 1.38 bits per heavy atom. The van der Waals surface area contributed by atoms with Gasteiger partial charge in [-0.2, -0.15) is 0 Å². The van der Waals surface area contributed by atoms with Crippen LogP contribution in [-0.4, -0.2) is 134 Å². The van der Waals surface area contributed by atoms with Gasteiger partial charge < -0.3 is 37.0 Å². The average Bonchev–Trinajstić information content (AvgIpc) is 2.67. The highest BCUT2D eigenvalue weighted by Crippen LogP contribution is 2.21. The van der Waals surface area contributed by atoms with Gasteiger partial charge in [0.25, 0.3) is 0 Å². The van der Waals surface area contributed by atoms with Crippen LogP contribution >= 0.6 is 0 Å². The number of hydrogen-bond acceptors (Lipinski definition) is 8. The van der Waals surface area contributed by atoms with Crippen LogP contribution in [0.2, 0.25) is 52.4 Å². The summed E-state index contributed by atoms with van der Waals surface area (Å²) in [5, 5.41) is 0. The molecular weight excluding hydrogens is 501 g/mol. The Morgan fingerprint density at radius 2 is 1.06 bits per heavy atom. The monoisotopic (exact) mass is 552 g/mol. The highest BCUT2D eigenvalue weighted by molar-refractivity contribution is 6.73. The van der Waals surface area contributed by atoms with Gasteiger partial charge in [0.2, 0.25) is 16.6 Å². The molecule has 0 radical (unpaired) electrons. The highest BCUT2D eigenvalue weighted by Gasteiger charge is 2.39. The summed E-state index contributed by atoms with van der Waals surface area (Å²) in [5.74, 6) is 0. The second kappa shape index (κ2) is 12.9. The van der Waals surface area contributed by atoms with E-state index in [1.165, 1.54) is 0 Å². The van der Waals surface area contributed by atoms with Crippen LogP contribution in [0.4, 0.5) is 0 Å². The van der Waals surface area contributed by atoms with E-state index in [9.17, 15) is 0 Å². The van der Waals surface area contributed by atoms with Gasteiger partial charge in [-0.3, -0.25) is 0 Å². The van der Waals surface area contributed by atoms with Gasteiger partial charge >= 0.3 is 0 Å². The van der Waals surface area contributed by atoms with E-state index in [2.05, 4.69) is 62.2 Å². The molecule has 2 fully saturated rings. The van der Waals surface area contributed by atoms with Crippen LogP contribution in [0.15, 0.2) is 0 Å². The van der Waals surface area contributed by atoms with Crippen molar-refractivity contribution in [1.29, 1.82) is 0 Å². The molecule has 202 valence electrons. The molecular formula is C22H52N2O6Si4. The van der Waals surface area contributed by atoms with E-state index in [1.54, 1.807) is 0 Å². The SMILES string of the molecule is CO[Si](C)(C)CN1CC(COCCOCC2CN(C[Si](C)(C)OC)C[Si](C)(C)O2)O[Si](C)(C)C1. The highest BCUT2D eigenvalue weighted by atomic mass is 28.4. The van der Waals surface area contributed by atoms with Crippen LogP contribution < -0.4 is 0 Å². The van der Waals surface area contributed by atoms with Gasteiger partial charge in [-0.15, -0.1) is 0 Å². The fraction of sp³-hybridized carbons (Fsp3) is 1.00. The van der Waals surface area contributed by atoms with Crippen LogP contribution in [0.25, 0.3) is 0 Å². The minimum atomic E-state index is -1.71. The summed E-state index contributed by atoms with van der Waals surface area (Å²) in [6, 6.07) is 0. The molecule has 2 aliphatic heterocycles. The number of hydrogen-bond donors (Lipinski definition) is 0. The van der Waals surface area contributed by atoms with E-state index in [0.29, 0.717) is 26.4 Å². The Bertz CT molecular complexity index is 574. The van der Waals surface area contributed by atoms with Crippen molar-refractivity contribution in [2.45, 2.75) is 64.6 Å². The maximum Gasteiger partial charge on any atom is 0.201 e. The first-order chi connectivity index (χ1) is 15.6. The predicted molar refractivity (Wildman–Crippen MR) is 148 cm³/mol. The largest absolute Gasteiger partial charge is 0.419 e. The molecule has 0 spiro atoms. The molecule has 0 amide bonds. The lowest BCUT2D eigenvalue weighted by Crippen LogP contribution is -2.60. The summed E-state index contributed by atoms with van der Waals surface area (Å²) < 4.78 is 36.3. The van der Waals surface area contributed by atoms with E-state index in [0.717, 1.165) is 37.8 Å². The smallest absolute Gasteiger partial charge is 0.201 e. The van der Waals surface area contributed by atoms with Gasteiger partial charge in [0.1, 0.15) is 0 Å². The van der Waals surface area contributed by atoms with Crippen LogP contribution in [0, 0.1) is 0 Å². The third-order valence-electron chi connectivity index (χ3n) is 6.40. The molecule has 2 heterocycles. The van der Waals surface area contributed by atoms with Gasteiger partial charge in [0.15, 0.2) is 16.6 Å². The van der Waals surface area contributed by atoms with Gasteiger partial charge in [0.05, 0.1) is 38.6 Å². The minimum absolute atomic E-state index is 0.132. The summed E-state index contributed by atoms with van der Waals surface area (Å²) >= 11 is 0. The van der Waals surface area contributed by atoms with Crippen molar-refractivity contribution in [3.8, 4) is 0 Å². The van der Waals surface area contributed by atoms with Crippen molar-refractivity contribution < 1.29 is 27.2 Å². The fourth-order valence-electron chi connectivity index (χ4n) is 5.00. The molecule has 12 heteroatoms. The van der Waals surface area contributed by atoms with E-state index in [4.69, 9.17) is 27.2 Å². The zero-order valence-corrected chi connectivity index (χ0v) is 27.6. The first kappa shape index (κ1) is 30.8. The second-order valence-corrected chi connectivity index (χ2v) is 29.0.